The second-order valence-electron chi connectivity index (χ2n) is 11.3. The van der Waals surface area contributed by atoms with Crippen LogP contribution in [-0.2, 0) is 9.59 Å². The van der Waals surface area contributed by atoms with Gasteiger partial charge in [0, 0.05) is 24.4 Å². The molecule has 1 aliphatic carbocycles. The van der Waals surface area contributed by atoms with Crippen LogP contribution in [0.5, 0.6) is 23.0 Å². The van der Waals surface area contributed by atoms with Gasteiger partial charge in [-0.2, -0.15) is 0 Å². The number of amides is 1. The summed E-state index contributed by atoms with van der Waals surface area (Å²) in [6, 6.07) is 19.8. The van der Waals surface area contributed by atoms with Crippen LogP contribution in [0.4, 0.5) is 5.69 Å². The molecule has 49 heavy (non-hydrogen) atoms. The van der Waals surface area contributed by atoms with Gasteiger partial charge in [-0.25, -0.2) is 0 Å². The van der Waals surface area contributed by atoms with Gasteiger partial charge in [0.2, 0.25) is 0 Å². The summed E-state index contributed by atoms with van der Waals surface area (Å²) >= 11 is 13.6. The molecular formula is C37H33Cl2NO8S. The van der Waals surface area contributed by atoms with Crippen molar-refractivity contribution in [3.05, 3.63) is 104 Å². The van der Waals surface area contributed by atoms with Crippen LogP contribution < -0.4 is 23.8 Å². The van der Waals surface area contributed by atoms with Crippen LogP contribution >= 0.6 is 34.5 Å². The number of nitrogens with zero attached hydrogens (tertiary/aromatic N) is 1. The first-order valence-corrected chi connectivity index (χ1v) is 16.9. The molecule has 1 aliphatic rings. The number of carbonyl (C=O) groups is 4. The Morgan fingerprint density at radius 3 is 1.96 bits per heavy atom. The van der Waals surface area contributed by atoms with Crippen molar-refractivity contribution in [2.75, 3.05) is 26.2 Å². The van der Waals surface area contributed by atoms with E-state index in [0.29, 0.717) is 57.6 Å². The molecule has 1 heterocycles. The first-order chi connectivity index (χ1) is 23.6. The van der Waals surface area contributed by atoms with Crippen molar-refractivity contribution in [2.24, 2.45) is 11.8 Å². The maximum absolute atomic E-state index is 13.2. The van der Waals surface area contributed by atoms with Crippen LogP contribution in [0.1, 0.15) is 51.3 Å². The molecule has 3 aromatic carbocycles. The molecule has 254 valence electrons. The molecule has 1 saturated carbocycles. The summed E-state index contributed by atoms with van der Waals surface area (Å²) in [7, 11) is 4.72. The van der Waals surface area contributed by atoms with E-state index in [4.69, 9.17) is 42.1 Å². The third-order valence-corrected chi connectivity index (χ3v) is 9.76. The van der Waals surface area contributed by atoms with E-state index in [1.54, 1.807) is 74.8 Å². The number of hydrogen-bond donors (Lipinski definition) is 0. The Bertz CT molecular complexity index is 1880. The molecule has 4 aromatic rings. The Labute approximate surface area is 297 Å². The lowest BCUT2D eigenvalue weighted by Crippen LogP contribution is -2.30. The van der Waals surface area contributed by atoms with Crippen molar-refractivity contribution in [3.63, 3.8) is 0 Å². The first-order valence-electron chi connectivity index (χ1n) is 15.4. The Morgan fingerprint density at radius 2 is 1.37 bits per heavy atom. The van der Waals surface area contributed by atoms with E-state index in [0.717, 1.165) is 0 Å². The van der Waals surface area contributed by atoms with Crippen LogP contribution in [-0.4, -0.2) is 44.9 Å². The molecule has 0 aliphatic heterocycles. The summed E-state index contributed by atoms with van der Waals surface area (Å²) in [5.41, 5.74) is 1.42. The summed E-state index contributed by atoms with van der Waals surface area (Å²) in [5, 5.41) is 0.148. The average Bonchev–Trinajstić information content (AvgIpc) is 3.56. The van der Waals surface area contributed by atoms with E-state index < -0.39 is 23.8 Å². The van der Waals surface area contributed by atoms with Crippen molar-refractivity contribution in [3.8, 4) is 23.0 Å². The van der Waals surface area contributed by atoms with Crippen molar-refractivity contribution >= 4 is 69.9 Å². The lowest BCUT2D eigenvalue weighted by molar-refractivity contribution is -0.145. The first kappa shape index (κ1) is 35.7. The van der Waals surface area contributed by atoms with E-state index in [1.807, 2.05) is 0 Å². The van der Waals surface area contributed by atoms with E-state index >= 15 is 0 Å². The molecule has 0 spiro atoms. The van der Waals surface area contributed by atoms with Gasteiger partial charge in [0.05, 0.1) is 45.9 Å². The molecule has 0 saturated heterocycles. The molecule has 0 atom stereocenters. The lowest BCUT2D eigenvalue weighted by atomic mass is 9.82. The van der Waals surface area contributed by atoms with Crippen LogP contribution in [0.3, 0.4) is 0 Å². The number of allylic oxidation sites excluding steroid dienone is 1. The van der Waals surface area contributed by atoms with Gasteiger partial charge in [-0.05, 0) is 105 Å². The van der Waals surface area contributed by atoms with Crippen molar-refractivity contribution in [1.29, 1.82) is 0 Å². The molecule has 0 N–H and O–H groups in total. The highest BCUT2D eigenvalue weighted by Gasteiger charge is 2.32. The molecule has 1 aromatic heterocycles. The summed E-state index contributed by atoms with van der Waals surface area (Å²) in [6.07, 6.45) is 4.70. The van der Waals surface area contributed by atoms with E-state index in [1.165, 1.54) is 47.6 Å². The van der Waals surface area contributed by atoms with Crippen molar-refractivity contribution < 1.29 is 38.1 Å². The van der Waals surface area contributed by atoms with Gasteiger partial charge < -0.3 is 23.8 Å². The number of anilines is 1. The smallest absolute Gasteiger partial charge is 0.314 e. The number of ether oxygens (including phenoxy) is 4. The third kappa shape index (κ3) is 8.89. The van der Waals surface area contributed by atoms with Gasteiger partial charge in [-0.3, -0.25) is 19.2 Å². The third-order valence-electron chi connectivity index (χ3n) is 8.21. The Kier molecular flexibility index (Phi) is 11.8. The summed E-state index contributed by atoms with van der Waals surface area (Å²) in [5.74, 6) is -0.526. The Balaban J connectivity index is 1.15. The summed E-state index contributed by atoms with van der Waals surface area (Å²) in [4.78, 5) is 53.8. The van der Waals surface area contributed by atoms with Gasteiger partial charge in [-0.15, -0.1) is 11.3 Å². The van der Waals surface area contributed by atoms with Gasteiger partial charge in [0.1, 0.15) is 23.0 Å². The zero-order valence-corrected chi connectivity index (χ0v) is 29.3. The number of hydrogen-bond acceptors (Lipinski definition) is 9. The molecule has 12 heteroatoms. The fourth-order valence-electron chi connectivity index (χ4n) is 5.36. The number of rotatable bonds is 11. The fourth-order valence-corrected chi connectivity index (χ4v) is 6.58. The zero-order valence-electron chi connectivity index (χ0n) is 26.9. The number of halogens is 2. The topological polar surface area (TPSA) is 108 Å². The highest BCUT2D eigenvalue weighted by Crippen LogP contribution is 2.34. The van der Waals surface area contributed by atoms with E-state index in [-0.39, 0.29) is 33.8 Å². The normalized spacial score (nSPS) is 15.8. The van der Waals surface area contributed by atoms with Gasteiger partial charge in [0.25, 0.3) is 5.91 Å². The molecule has 5 rings (SSSR count). The molecule has 9 nitrogen and oxygen atoms in total. The Hall–Kier alpha value is -4.64. The monoisotopic (exact) mass is 721 g/mol. The minimum absolute atomic E-state index is 0.148. The number of esters is 2. The largest absolute Gasteiger partial charge is 0.497 e. The molecule has 0 radical (unpaired) electrons. The maximum Gasteiger partial charge on any atom is 0.314 e. The lowest BCUT2D eigenvalue weighted by Gasteiger charge is -2.26. The van der Waals surface area contributed by atoms with Crippen molar-refractivity contribution in [2.45, 2.75) is 25.7 Å². The highest BCUT2D eigenvalue weighted by molar-refractivity contribution is 7.18. The average molecular weight is 723 g/mol. The SMILES string of the molecule is COc1ccc(N(C)C(=O)c2ccc(OC(=O)C3CCC(C(=O)Oc4ccc(OC)cc4/C=C/C(=O)c4ccc(Cl)s4)CC3)cc2Cl)cc1. The van der Waals surface area contributed by atoms with Crippen LogP contribution in [0, 0.1) is 11.8 Å². The number of methoxy groups -OCH3 is 2. The Morgan fingerprint density at radius 1 is 0.755 bits per heavy atom. The zero-order chi connectivity index (χ0) is 35.1. The standard InChI is InChI=1S/C37H33Cl2NO8S/c1-40(25-9-11-26(45-2)12-10-25)35(42)29-15-13-28(21-30(29)38)47-36(43)22-4-6-23(7-5-22)37(44)48-32-17-14-27(46-3)20-24(32)8-16-31(41)33-18-19-34(39)49-33/h8-23H,4-7H2,1-3H3/b16-8+. The quantitative estimate of drug-likeness (QED) is 0.0656. The van der Waals surface area contributed by atoms with E-state index in [9.17, 15) is 19.2 Å². The molecule has 0 unspecified atom stereocenters. The molecular weight excluding hydrogens is 689 g/mol. The van der Waals surface area contributed by atoms with Crippen LogP contribution in [0.25, 0.3) is 6.08 Å². The van der Waals surface area contributed by atoms with E-state index in [2.05, 4.69) is 0 Å². The minimum Gasteiger partial charge on any atom is -0.497 e. The van der Waals surface area contributed by atoms with Crippen LogP contribution in [0.15, 0.2) is 78.9 Å². The number of thiophene rings is 1. The highest BCUT2D eigenvalue weighted by atomic mass is 35.5. The summed E-state index contributed by atoms with van der Waals surface area (Å²) < 4.78 is 22.4. The predicted molar refractivity (Wildman–Crippen MR) is 190 cm³/mol. The van der Waals surface area contributed by atoms with Gasteiger partial charge in [-0.1, -0.05) is 23.2 Å². The second-order valence-corrected chi connectivity index (χ2v) is 13.4. The predicted octanol–water partition coefficient (Wildman–Crippen LogP) is 8.56. The molecule has 1 fully saturated rings. The van der Waals surface area contributed by atoms with Crippen molar-refractivity contribution in [1.82, 2.24) is 0 Å². The maximum atomic E-state index is 13.2. The van der Waals surface area contributed by atoms with Gasteiger partial charge in [0.15, 0.2) is 5.78 Å². The number of carbonyl (C=O) groups excluding carboxylic acids is 4. The van der Waals surface area contributed by atoms with Crippen LogP contribution in [0.2, 0.25) is 9.36 Å². The second kappa shape index (κ2) is 16.2. The minimum atomic E-state index is -0.434. The molecule has 1 amide bonds. The number of benzene rings is 3. The number of ketones is 1. The fraction of sp³-hybridized carbons (Fsp3) is 0.243. The molecule has 0 bridgehead atoms. The summed E-state index contributed by atoms with van der Waals surface area (Å²) in [6.45, 7) is 0. The van der Waals surface area contributed by atoms with Gasteiger partial charge >= 0.3 is 11.9 Å².